The third-order valence-corrected chi connectivity index (χ3v) is 5.25. The van der Waals surface area contributed by atoms with Gasteiger partial charge in [0.15, 0.2) is 0 Å². The Labute approximate surface area is 186 Å². The van der Waals surface area contributed by atoms with Crippen molar-refractivity contribution in [1.82, 2.24) is 0 Å². The molecule has 0 aliphatic carbocycles. The largest absolute Gasteiger partial charge is 0.389 e. The summed E-state index contributed by atoms with van der Waals surface area (Å²) in [5, 5.41) is 17.5. The number of nitrogens with one attached hydrogen (secondary N) is 2. The van der Waals surface area contributed by atoms with Gasteiger partial charge in [0, 0.05) is 17.8 Å². The number of para-hydroxylation sites is 2. The maximum Gasteiger partial charge on any atom is 0.230 e. The summed E-state index contributed by atoms with van der Waals surface area (Å²) in [6.45, 7) is 8.16. The average molecular weight is 425 g/mol. The van der Waals surface area contributed by atoms with E-state index in [2.05, 4.69) is 10.6 Å². The predicted octanol–water partition coefficient (Wildman–Crippen LogP) is 5.48. The van der Waals surface area contributed by atoms with Gasteiger partial charge in [-0.1, -0.05) is 64.1 Å². The fourth-order valence-electron chi connectivity index (χ4n) is 4.20. The van der Waals surface area contributed by atoms with Gasteiger partial charge in [0.05, 0.1) is 11.5 Å². The zero-order valence-electron chi connectivity index (χ0n) is 19.1. The third-order valence-electron chi connectivity index (χ3n) is 5.25. The molecule has 2 aromatic rings. The van der Waals surface area contributed by atoms with E-state index in [1.54, 1.807) is 0 Å². The first-order valence-electron chi connectivity index (χ1n) is 11.1. The van der Waals surface area contributed by atoms with Crippen LogP contribution in [0.4, 0.5) is 11.4 Å². The second-order valence-electron chi connectivity index (χ2n) is 9.16. The number of anilines is 2. The summed E-state index contributed by atoms with van der Waals surface area (Å²) >= 11 is 0. The van der Waals surface area contributed by atoms with Crippen molar-refractivity contribution in [2.75, 3.05) is 10.6 Å². The van der Waals surface area contributed by atoms with E-state index in [1.807, 2.05) is 88.4 Å². The molecule has 1 atom stereocenters. The van der Waals surface area contributed by atoms with E-state index >= 15 is 0 Å². The van der Waals surface area contributed by atoms with E-state index in [0.29, 0.717) is 18.5 Å². The van der Waals surface area contributed by atoms with E-state index in [4.69, 9.17) is 0 Å². The minimum atomic E-state index is -1.19. The van der Waals surface area contributed by atoms with Crippen LogP contribution in [-0.4, -0.2) is 22.5 Å². The highest BCUT2D eigenvalue weighted by Gasteiger charge is 2.42. The van der Waals surface area contributed by atoms with E-state index in [1.165, 1.54) is 0 Å². The van der Waals surface area contributed by atoms with Crippen LogP contribution in [0.5, 0.6) is 0 Å². The zero-order chi connectivity index (χ0) is 22.9. The van der Waals surface area contributed by atoms with Crippen molar-refractivity contribution in [3.05, 3.63) is 60.7 Å². The summed E-state index contributed by atoms with van der Waals surface area (Å²) in [5.41, 5.74) is 0.217. The van der Waals surface area contributed by atoms with Gasteiger partial charge in [0.25, 0.3) is 0 Å². The van der Waals surface area contributed by atoms with Gasteiger partial charge >= 0.3 is 0 Å². The zero-order valence-corrected chi connectivity index (χ0v) is 19.1. The number of amides is 2. The fourth-order valence-corrected chi connectivity index (χ4v) is 4.20. The van der Waals surface area contributed by atoms with E-state index < -0.39 is 11.5 Å². The molecule has 5 nitrogen and oxygen atoms in total. The summed E-state index contributed by atoms with van der Waals surface area (Å²) in [4.78, 5) is 25.8. The maximum atomic E-state index is 13.3. The number of aliphatic hydroxyl groups is 1. The van der Waals surface area contributed by atoms with Crippen LogP contribution in [-0.2, 0) is 9.59 Å². The van der Waals surface area contributed by atoms with Crippen molar-refractivity contribution in [3.63, 3.8) is 0 Å². The molecule has 0 aromatic heterocycles. The second-order valence-corrected chi connectivity index (χ2v) is 9.16. The van der Waals surface area contributed by atoms with Gasteiger partial charge < -0.3 is 15.7 Å². The quantitative estimate of drug-likeness (QED) is 0.447. The minimum absolute atomic E-state index is 0.153. The van der Waals surface area contributed by atoms with Crippen LogP contribution < -0.4 is 10.6 Å². The van der Waals surface area contributed by atoms with Crippen LogP contribution in [0.15, 0.2) is 60.7 Å². The molecule has 0 saturated heterocycles. The standard InChI is InChI=1S/C26H36N2O3/c1-19(2)17-26(31,18-20(3)4)23(25(30)28-22-13-9-6-10-14-22)15-16-24(29)27-21-11-7-5-8-12-21/h5-14,19-20,23,31H,15-18H2,1-4H3,(H,27,29)(H,28,30). The van der Waals surface area contributed by atoms with Gasteiger partial charge in [0.1, 0.15) is 0 Å². The highest BCUT2D eigenvalue weighted by Crippen LogP contribution is 2.36. The van der Waals surface area contributed by atoms with Crippen molar-refractivity contribution in [1.29, 1.82) is 0 Å². The van der Waals surface area contributed by atoms with Gasteiger partial charge in [-0.3, -0.25) is 9.59 Å². The highest BCUT2D eigenvalue weighted by molar-refractivity contribution is 5.94. The monoisotopic (exact) mass is 424 g/mol. The molecular weight excluding hydrogens is 388 g/mol. The molecule has 3 N–H and O–H groups in total. The summed E-state index contributed by atoms with van der Waals surface area (Å²) < 4.78 is 0. The van der Waals surface area contributed by atoms with Crippen molar-refractivity contribution in [3.8, 4) is 0 Å². The van der Waals surface area contributed by atoms with E-state index in [-0.39, 0.29) is 36.5 Å². The highest BCUT2D eigenvalue weighted by atomic mass is 16.3. The Morgan fingerprint density at radius 3 is 1.71 bits per heavy atom. The first-order valence-corrected chi connectivity index (χ1v) is 11.1. The molecule has 0 aliphatic heterocycles. The first-order chi connectivity index (χ1) is 14.7. The summed E-state index contributed by atoms with van der Waals surface area (Å²) in [5.74, 6) is -0.676. The Bertz CT molecular complexity index is 809. The van der Waals surface area contributed by atoms with Gasteiger partial charge in [-0.2, -0.15) is 0 Å². The van der Waals surface area contributed by atoms with Crippen LogP contribution in [0.1, 0.15) is 53.4 Å². The summed E-state index contributed by atoms with van der Waals surface area (Å²) in [6.07, 6.45) is 1.42. The number of rotatable bonds is 11. The molecule has 0 heterocycles. The lowest BCUT2D eigenvalue weighted by atomic mass is 9.73. The van der Waals surface area contributed by atoms with Crippen LogP contribution >= 0.6 is 0 Å². The Balaban J connectivity index is 2.20. The molecule has 0 saturated carbocycles. The normalized spacial score (nSPS) is 12.6. The van der Waals surface area contributed by atoms with Crippen molar-refractivity contribution >= 4 is 23.2 Å². The predicted molar refractivity (Wildman–Crippen MR) is 127 cm³/mol. The lowest BCUT2D eigenvalue weighted by molar-refractivity contribution is -0.133. The Morgan fingerprint density at radius 1 is 0.806 bits per heavy atom. The van der Waals surface area contributed by atoms with Crippen LogP contribution in [0.2, 0.25) is 0 Å². The molecule has 0 aliphatic rings. The molecule has 31 heavy (non-hydrogen) atoms. The molecule has 0 fully saturated rings. The molecule has 2 amide bonds. The van der Waals surface area contributed by atoms with Crippen molar-refractivity contribution in [2.24, 2.45) is 17.8 Å². The van der Waals surface area contributed by atoms with Gasteiger partial charge in [0.2, 0.25) is 11.8 Å². The summed E-state index contributed by atoms with van der Waals surface area (Å²) in [7, 11) is 0. The van der Waals surface area contributed by atoms with Crippen LogP contribution in [0, 0.1) is 17.8 Å². The smallest absolute Gasteiger partial charge is 0.230 e. The van der Waals surface area contributed by atoms with Crippen LogP contribution in [0.3, 0.4) is 0 Å². The fraction of sp³-hybridized carbons (Fsp3) is 0.462. The van der Waals surface area contributed by atoms with E-state index in [0.717, 1.165) is 5.69 Å². The molecule has 2 aromatic carbocycles. The van der Waals surface area contributed by atoms with E-state index in [9.17, 15) is 14.7 Å². The number of hydrogen-bond donors (Lipinski definition) is 3. The molecule has 168 valence electrons. The number of carbonyl (C=O) groups is 2. The molecule has 0 bridgehead atoms. The van der Waals surface area contributed by atoms with Gasteiger partial charge in [-0.25, -0.2) is 0 Å². The molecule has 5 heteroatoms. The first kappa shape index (κ1) is 24.6. The molecule has 0 radical (unpaired) electrons. The number of benzene rings is 2. The molecule has 1 unspecified atom stereocenters. The molecule has 2 rings (SSSR count). The summed E-state index contributed by atoms with van der Waals surface area (Å²) in [6, 6.07) is 18.5. The Hall–Kier alpha value is -2.66. The maximum absolute atomic E-state index is 13.3. The topological polar surface area (TPSA) is 78.4 Å². The van der Waals surface area contributed by atoms with Gasteiger partial charge in [-0.15, -0.1) is 0 Å². The second kappa shape index (κ2) is 11.7. The number of carbonyl (C=O) groups excluding carboxylic acids is 2. The third kappa shape index (κ3) is 8.18. The lowest BCUT2D eigenvalue weighted by Gasteiger charge is -2.38. The Kier molecular flexibility index (Phi) is 9.25. The van der Waals surface area contributed by atoms with Crippen molar-refractivity contribution < 1.29 is 14.7 Å². The SMILES string of the molecule is CC(C)CC(O)(CC(C)C)C(CCC(=O)Nc1ccccc1)C(=O)Nc1ccccc1. The molecule has 0 spiro atoms. The molecular formula is C26H36N2O3. The lowest BCUT2D eigenvalue weighted by Crippen LogP contribution is -2.47. The van der Waals surface area contributed by atoms with Crippen molar-refractivity contribution in [2.45, 2.75) is 59.0 Å². The minimum Gasteiger partial charge on any atom is -0.389 e. The van der Waals surface area contributed by atoms with Crippen LogP contribution in [0.25, 0.3) is 0 Å². The Morgan fingerprint density at radius 2 is 1.26 bits per heavy atom. The average Bonchev–Trinajstić information content (AvgIpc) is 2.68. The van der Waals surface area contributed by atoms with Gasteiger partial charge in [-0.05, 0) is 55.4 Å². The number of hydrogen-bond acceptors (Lipinski definition) is 3.